The minimum Gasteiger partial charge on any atom is -0.480 e. The molecular formula is C14H18N2O4. The summed E-state index contributed by atoms with van der Waals surface area (Å²) in [7, 11) is 0. The van der Waals surface area contributed by atoms with Crippen molar-refractivity contribution in [1.29, 1.82) is 0 Å². The Morgan fingerprint density at radius 2 is 2.15 bits per heavy atom. The number of carboxylic acids is 1. The molecule has 0 radical (unpaired) electrons. The summed E-state index contributed by atoms with van der Waals surface area (Å²) in [6, 6.07) is 7.16. The Hall–Kier alpha value is -2.08. The van der Waals surface area contributed by atoms with Crippen LogP contribution in [0, 0.1) is 0 Å². The highest BCUT2D eigenvalue weighted by atomic mass is 16.4. The van der Waals surface area contributed by atoms with E-state index in [2.05, 4.69) is 5.32 Å². The van der Waals surface area contributed by atoms with Crippen LogP contribution in [0.1, 0.15) is 20.3 Å². The molecule has 0 fully saturated rings. The van der Waals surface area contributed by atoms with Crippen molar-refractivity contribution in [3.8, 4) is 0 Å². The largest absolute Gasteiger partial charge is 0.480 e. The minimum absolute atomic E-state index is 0.360. The van der Waals surface area contributed by atoms with Crippen molar-refractivity contribution in [2.45, 2.75) is 32.4 Å². The van der Waals surface area contributed by atoms with E-state index in [-0.39, 0.29) is 0 Å². The lowest BCUT2D eigenvalue weighted by atomic mass is 9.99. The van der Waals surface area contributed by atoms with E-state index in [1.807, 2.05) is 6.07 Å². The van der Waals surface area contributed by atoms with Gasteiger partial charge >= 0.3 is 11.7 Å². The highest BCUT2D eigenvalue weighted by Crippen LogP contribution is 2.12. The van der Waals surface area contributed by atoms with Gasteiger partial charge in [-0.3, -0.25) is 9.36 Å². The lowest BCUT2D eigenvalue weighted by molar-refractivity contribution is -0.144. The van der Waals surface area contributed by atoms with Crippen molar-refractivity contribution in [2.24, 2.45) is 0 Å². The van der Waals surface area contributed by atoms with Crippen LogP contribution < -0.4 is 11.1 Å². The van der Waals surface area contributed by atoms with Crippen LogP contribution in [-0.4, -0.2) is 27.7 Å². The van der Waals surface area contributed by atoms with Gasteiger partial charge in [-0.15, -0.1) is 0 Å². The number of hydrogen-bond donors (Lipinski definition) is 2. The molecular weight excluding hydrogens is 260 g/mol. The maximum Gasteiger partial charge on any atom is 0.419 e. The Kier molecular flexibility index (Phi) is 3.94. The zero-order valence-electron chi connectivity index (χ0n) is 11.5. The van der Waals surface area contributed by atoms with Gasteiger partial charge in [-0.25, -0.2) is 4.79 Å². The van der Waals surface area contributed by atoms with Gasteiger partial charge in [0.05, 0.1) is 5.52 Å². The van der Waals surface area contributed by atoms with E-state index in [1.54, 1.807) is 32.0 Å². The van der Waals surface area contributed by atoms with Gasteiger partial charge in [-0.1, -0.05) is 19.1 Å². The summed E-state index contributed by atoms with van der Waals surface area (Å²) >= 11 is 0. The van der Waals surface area contributed by atoms with Crippen LogP contribution in [0.15, 0.2) is 33.5 Å². The molecule has 2 aromatic rings. The van der Waals surface area contributed by atoms with E-state index < -0.39 is 17.3 Å². The summed E-state index contributed by atoms with van der Waals surface area (Å²) in [5, 5.41) is 12.1. The van der Waals surface area contributed by atoms with Crippen LogP contribution in [0.5, 0.6) is 0 Å². The van der Waals surface area contributed by atoms with E-state index in [9.17, 15) is 9.59 Å². The third-order valence-corrected chi connectivity index (χ3v) is 3.60. The zero-order chi connectivity index (χ0) is 14.8. The first kappa shape index (κ1) is 14.3. The van der Waals surface area contributed by atoms with E-state index >= 15 is 0 Å². The van der Waals surface area contributed by atoms with E-state index in [0.717, 1.165) is 0 Å². The molecule has 1 heterocycles. The Bertz CT molecular complexity index is 673. The fraction of sp³-hybridized carbons (Fsp3) is 0.429. The van der Waals surface area contributed by atoms with Crippen LogP contribution in [0.2, 0.25) is 0 Å². The number of rotatable bonds is 6. The summed E-state index contributed by atoms with van der Waals surface area (Å²) in [6.45, 7) is 4.17. The molecule has 1 unspecified atom stereocenters. The van der Waals surface area contributed by atoms with Gasteiger partial charge in [0.15, 0.2) is 5.58 Å². The smallest absolute Gasteiger partial charge is 0.419 e. The molecule has 0 aliphatic rings. The number of nitrogens with zero attached hydrogens (tertiary/aromatic N) is 1. The number of aliphatic carboxylic acids is 1. The molecule has 0 amide bonds. The molecule has 1 atom stereocenters. The zero-order valence-corrected chi connectivity index (χ0v) is 11.5. The molecule has 108 valence electrons. The second kappa shape index (κ2) is 5.50. The average Bonchev–Trinajstić information content (AvgIpc) is 2.74. The van der Waals surface area contributed by atoms with Gasteiger partial charge in [0.2, 0.25) is 0 Å². The maximum absolute atomic E-state index is 11.7. The molecule has 0 saturated heterocycles. The summed E-state index contributed by atoms with van der Waals surface area (Å²) in [5.74, 6) is -1.33. The first-order valence-corrected chi connectivity index (χ1v) is 6.55. The maximum atomic E-state index is 11.7. The molecule has 0 aliphatic heterocycles. The second-order valence-electron chi connectivity index (χ2n) is 4.90. The highest BCUT2D eigenvalue weighted by molar-refractivity contribution is 5.78. The quantitative estimate of drug-likeness (QED) is 0.835. The number of para-hydroxylation sites is 2. The fourth-order valence-corrected chi connectivity index (χ4v) is 2.02. The summed E-state index contributed by atoms with van der Waals surface area (Å²) < 4.78 is 6.62. The van der Waals surface area contributed by atoms with E-state index in [4.69, 9.17) is 9.52 Å². The van der Waals surface area contributed by atoms with Crippen LogP contribution in [0.4, 0.5) is 0 Å². The van der Waals surface area contributed by atoms with Gasteiger partial charge in [0.1, 0.15) is 5.54 Å². The van der Waals surface area contributed by atoms with Crippen molar-refractivity contribution in [3.63, 3.8) is 0 Å². The standard InChI is InChI=1S/C14H18N2O4/c1-3-14(2,12(17)18)15-8-9-16-10-6-4-5-7-11(10)20-13(16)19/h4-7,15H,3,8-9H2,1-2H3,(H,17,18). The average molecular weight is 278 g/mol. The fourth-order valence-electron chi connectivity index (χ4n) is 2.02. The van der Waals surface area contributed by atoms with Crippen molar-refractivity contribution in [3.05, 3.63) is 34.8 Å². The number of aromatic nitrogens is 1. The molecule has 0 saturated carbocycles. The molecule has 20 heavy (non-hydrogen) atoms. The molecule has 0 bridgehead atoms. The Morgan fingerprint density at radius 3 is 2.80 bits per heavy atom. The van der Waals surface area contributed by atoms with Crippen LogP contribution in [0.25, 0.3) is 11.1 Å². The summed E-state index contributed by atoms with van der Waals surface area (Å²) in [5.41, 5.74) is 0.269. The number of hydrogen-bond acceptors (Lipinski definition) is 4. The van der Waals surface area contributed by atoms with Crippen molar-refractivity contribution in [1.82, 2.24) is 9.88 Å². The number of benzene rings is 1. The SMILES string of the molecule is CCC(C)(NCCn1c(=O)oc2ccccc21)C(=O)O. The molecule has 1 aromatic carbocycles. The third-order valence-electron chi connectivity index (χ3n) is 3.60. The van der Waals surface area contributed by atoms with Gasteiger partial charge in [0.25, 0.3) is 0 Å². The molecule has 0 aliphatic carbocycles. The van der Waals surface area contributed by atoms with Crippen molar-refractivity contribution in [2.75, 3.05) is 6.54 Å². The summed E-state index contributed by atoms with van der Waals surface area (Å²) in [6.07, 6.45) is 0.462. The van der Waals surface area contributed by atoms with Crippen LogP contribution in [0.3, 0.4) is 0 Å². The Morgan fingerprint density at radius 1 is 1.45 bits per heavy atom. The van der Waals surface area contributed by atoms with Gasteiger partial charge in [-0.05, 0) is 25.5 Å². The molecule has 0 spiro atoms. The number of carbonyl (C=O) groups is 1. The Balaban J connectivity index is 2.12. The predicted molar refractivity (Wildman–Crippen MR) is 74.8 cm³/mol. The topological polar surface area (TPSA) is 84.5 Å². The molecule has 2 N–H and O–H groups in total. The van der Waals surface area contributed by atoms with Gasteiger partial charge in [-0.2, -0.15) is 0 Å². The van der Waals surface area contributed by atoms with E-state index in [1.165, 1.54) is 4.57 Å². The first-order valence-electron chi connectivity index (χ1n) is 6.55. The van der Waals surface area contributed by atoms with Gasteiger partial charge < -0.3 is 14.8 Å². The number of nitrogens with one attached hydrogen (secondary N) is 1. The second-order valence-corrected chi connectivity index (χ2v) is 4.90. The molecule has 2 rings (SSSR count). The molecule has 6 heteroatoms. The lowest BCUT2D eigenvalue weighted by Gasteiger charge is -2.24. The molecule has 6 nitrogen and oxygen atoms in total. The minimum atomic E-state index is -0.983. The van der Waals surface area contributed by atoms with Crippen molar-refractivity contribution < 1.29 is 14.3 Å². The van der Waals surface area contributed by atoms with E-state index in [0.29, 0.717) is 30.6 Å². The summed E-state index contributed by atoms with van der Waals surface area (Å²) in [4.78, 5) is 22.9. The lowest BCUT2D eigenvalue weighted by Crippen LogP contribution is -2.50. The molecule has 1 aromatic heterocycles. The van der Waals surface area contributed by atoms with Gasteiger partial charge in [0, 0.05) is 13.1 Å². The first-order chi connectivity index (χ1) is 9.48. The van der Waals surface area contributed by atoms with Crippen molar-refractivity contribution >= 4 is 17.1 Å². The monoisotopic (exact) mass is 278 g/mol. The third kappa shape index (κ3) is 2.60. The number of carboxylic acid groups (broad SMARTS) is 1. The number of fused-ring (bicyclic) bond motifs is 1. The Labute approximate surface area is 116 Å². The van der Waals surface area contributed by atoms with Crippen LogP contribution >= 0.6 is 0 Å². The number of oxazole rings is 1. The van der Waals surface area contributed by atoms with Crippen LogP contribution in [-0.2, 0) is 11.3 Å². The normalized spacial score (nSPS) is 14.3. The predicted octanol–water partition coefficient (Wildman–Crippen LogP) is 1.44. The highest BCUT2D eigenvalue weighted by Gasteiger charge is 2.29.